The van der Waals surface area contributed by atoms with Crippen molar-refractivity contribution in [2.24, 2.45) is 0 Å². The van der Waals surface area contributed by atoms with Crippen LogP contribution in [-0.2, 0) is 21.2 Å². The SMILES string of the molecule is CC(=O)NS(=O)(=O)c1cc(Cc2c(C)c3cc(Cl)c(OC(=O)N(C)C)cc3oc2=O)ccc1F. The Hall–Kier alpha value is -3.44. The highest BCUT2D eigenvalue weighted by atomic mass is 35.5. The summed E-state index contributed by atoms with van der Waals surface area (Å²) in [6, 6.07) is 6.11. The minimum atomic E-state index is -4.42. The van der Waals surface area contributed by atoms with Crippen molar-refractivity contribution in [1.29, 1.82) is 0 Å². The molecule has 12 heteroatoms. The van der Waals surface area contributed by atoms with Crippen molar-refractivity contribution in [1.82, 2.24) is 9.62 Å². The average Bonchev–Trinajstić information content (AvgIpc) is 2.72. The third-order valence-electron chi connectivity index (χ3n) is 4.85. The minimum Gasteiger partial charge on any atom is -0.422 e. The highest BCUT2D eigenvalue weighted by molar-refractivity contribution is 7.90. The maximum Gasteiger partial charge on any atom is 0.414 e. The number of fused-ring (bicyclic) bond motifs is 1. The molecule has 0 aliphatic rings. The summed E-state index contributed by atoms with van der Waals surface area (Å²) in [6.07, 6.45) is -0.750. The first-order valence-electron chi connectivity index (χ1n) is 9.77. The number of aryl methyl sites for hydroxylation is 1. The molecule has 3 aromatic rings. The van der Waals surface area contributed by atoms with Crippen LogP contribution >= 0.6 is 11.6 Å². The van der Waals surface area contributed by atoms with Gasteiger partial charge in [0.2, 0.25) is 5.91 Å². The van der Waals surface area contributed by atoms with Crippen LogP contribution in [0.4, 0.5) is 9.18 Å². The molecule has 1 aromatic heterocycles. The fourth-order valence-corrected chi connectivity index (χ4v) is 4.49. The first-order valence-corrected chi connectivity index (χ1v) is 11.6. The molecule has 0 aliphatic heterocycles. The zero-order valence-electron chi connectivity index (χ0n) is 18.6. The Bertz CT molecular complexity index is 1480. The fourth-order valence-electron chi connectivity index (χ4n) is 3.17. The number of hydrogen-bond donors (Lipinski definition) is 1. The molecule has 2 aromatic carbocycles. The molecule has 0 saturated heterocycles. The number of sulfonamides is 1. The van der Waals surface area contributed by atoms with Crippen molar-refractivity contribution in [2.75, 3.05) is 14.1 Å². The van der Waals surface area contributed by atoms with Crippen LogP contribution < -0.4 is 15.1 Å². The van der Waals surface area contributed by atoms with E-state index in [1.54, 1.807) is 11.6 Å². The highest BCUT2D eigenvalue weighted by Crippen LogP contribution is 2.32. The second kappa shape index (κ2) is 9.43. The highest BCUT2D eigenvalue weighted by Gasteiger charge is 2.22. The van der Waals surface area contributed by atoms with E-state index in [4.69, 9.17) is 20.8 Å². The average molecular weight is 511 g/mol. The Kier molecular flexibility index (Phi) is 6.99. The van der Waals surface area contributed by atoms with Crippen LogP contribution in [0, 0.1) is 12.7 Å². The number of halogens is 2. The van der Waals surface area contributed by atoms with Crippen LogP contribution in [0.5, 0.6) is 5.75 Å². The number of amides is 2. The number of nitrogens with one attached hydrogen (secondary N) is 1. The van der Waals surface area contributed by atoms with Gasteiger partial charge in [0.25, 0.3) is 10.0 Å². The topological polar surface area (TPSA) is 123 Å². The molecular formula is C22H20ClFN2O7S. The van der Waals surface area contributed by atoms with Gasteiger partial charge >= 0.3 is 11.7 Å². The van der Waals surface area contributed by atoms with E-state index in [1.165, 1.54) is 37.2 Å². The van der Waals surface area contributed by atoms with E-state index in [9.17, 15) is 27.2 Å². The lowest BCUT2D eigenvalue weighted by molar-refractivity contribution is -0.117. The van der Waals surface area contributed by atoms with Gasteiger partial charge in [-0.1, -0.05) is 17.7 Å². The number of hydrogen-bond acceptors (Lipinski definition) is 7. The van der Waals surface area contributed by atoms with Crippen molar-refractivity contribution in [3.8, 4) is 5.75 Å². The molecule has 9 nitrogen and oxygen atoms in total. The quantitative estimate of drug-likeness (QED) is 0.522. The Morgan fingerprint density at radius 2 is 1.88 bits per heavy atom. The Morgan fingerprint density at radius 3 is 2.50 bits per heavy atom. The van der Waals surface area contributed by atoms with Crippen molar-refractivity contribution in [3.63, 3.8) is 0 Å². The molecule has 0 radical (unpaired) electrons. The maximum atomic E-state index is 14.2. The zero-order valence-corrected chi connectivity index (χ0v) is 20.1. The molecule has 0 unspecified atom stereocenters. The standard InChI is InChI=1S/C22H20ClFN2O7S/c1-11-14-9-16(23)19(33-22(29)26(3)4)10-18(14)32-21(28)15(11)7-13-5-6-17(24)20(8-13)34(30,31)25-12(2)27/h5-6,8-10H,7H2,1-4H3,(H,25,27). The van der Waals surface area contributed by atoms with Crippen LogP contribution in [0.3, 0.4) is 0 Å². The van der Waals surface area contributed by atoms with Crippen molar-refractivity contribution >= 4 is 44.6 Å². The molecule has 0 aliphatic carbocycles. The van der Waals surface area contributed by atoms with Gasteiger partial charge in [-0.2, -0.15) is 0 Å². The van der Waals surface area contributed by atoms with Crippen LogP contribution in [0.25, 0.3) is 11.0 Å². The second-order valence-electron chi connectivity index (χ2n) is 7.64. The van der Waals surface area contributed by atoms with Crippen molar-refractivity contribution in [2.45, 2.75) is 25.2 Å². The second-order valence-corrected chi connectivity index (χ2v) is 9.70. The van der Waals surface area contributed by atoms with Gasteiger partial charge < -0.3 is 14.1 Å². The lowest BCUT2D eigenvalue weighted by Crippen LogP contribution is -2.29. The van der Waals surface area contributed by atoms with Crippen LogP contribution in [-0.4, -0.2) is 39.4 Å². The van der Waals surface area contributed by atoms with E-state index < -0.39 is 38.4 Å². The van der Waals surface area contributed by atoms with Crippen molar-refractivity contribution < 1.29 is 31.6 Å². The first kappa shape index (κ1) is 25.2. The lowest BCUT2D eigenvalue weighted by Gasteiger charge is -2.14. The third kappa shape index (κ3) is 5.20. The van der Waals surface area contributed by atoms with E-state index in [2.05, 4.69) is 0 Å². The maximum absolute atomic E-state index is 14.2. The Balaban J connectivity index is 2.05. The summed E-state index contributed by atoms with van der Waals surface area (Å²) in [4.78, 5) is 36.2. The van der Waals surface area contributed by atoms with Gasteiger partial charge in [0, 0.05) is 44.5 Å². The largest absolute Gasteiger partial charge is 0.422 e. The van der Waals surface area contributed by atoms with Crippen LogP contribution in [0.1, 0.15) is 23.6 Å². The summed E-state index contributed by atoms with van der Waals surface area (Å²) >= 11 is 6.25. The van der Waals surface area contributed by atoms with Crippen molar-refractivity contribution in [3.05, 3.63) is 68.3 Å². The molecule has 0 saturated carbocycles. The first-order chi connectivity index (χ1) is 15.8. The summed E-state index contributed by atoms with van der Waals surface area (Å²) in [5.74, 6) is -1.91. The van der Waals surface area contributed by atoms with Gasteiger partial charge in [0.1, 0.15) is 16.3 Å². The smallest absolute Gasteiger partial charge is 0.414 e. The molecule has 0 bridgehead atoms. The number of nitrogens with zero attached hydrogens (tertiary/aromatic N) is 1. The zero-order chi connectivity index (χ0) is 25.4. The number of benzene rings is 2. The van der Waals surface area contributed by atoms with E-state index in [0.29, 0.717) is 16.5 Å². The molecule has 0 atom stereocenters. The number of rotatable bonds is 5. The van der Waals surface area contributed by atoms with Gasteiger partial charge in [-0.05, 0) is 36.2 Å². The predicted octanol–water partition coefficient (Wildman–Crippen LogP) is 3.37. The molecule has 34 heavy (non-hydrogen) atoms. The van der Waals surface area contributed by atoms with Crippen LogP contribution in [0.15, 0.2) is 44.4 Å². The number of ether oxygens (including phenoxy) is 1. The number of carbonyl (C=O) groups excluding carboxylic acids is 2. The number of carbonyl (C=O) groups is 2. The van der Waals surface area contributed by atoms with Gasteiger partial charge in [-0.3, -0.25) is 4.79 Å². The molecule has 1 heterocycles. The Morgan fingerprint density at radius 1 is 1.21 bits per heavy atom. The normalized spacial score (nSPS) is 11.4. The van der Waals surface area contributed by atoms with Gasteiger partial charge in [0.05, 0.1) is 5.02 Å². The van der Waals surface area contributed by atoms with Gasteiger partial charge in [0.15, 0.2) is 5.75 Å². The molecule has 1 N–H and O–H groups in total. The summed E-state index contributed by atoms with van der Waals surface area (Å²) in [5.41, 5.74) is 0.395. The molecule has 2 amide bonds. The van der Waals surface area contributed by atoms with Gasteiger partial charge in [-0.15, -0.1) is 0 Å². The Labute approximate surface area is 199 Å². The minimum absolute atomic E-state index is 0.00882. The third-order valence-corrected chi connectivity index (χ3v) is 6.59. The van der Waals surface area contributed by atoms with E-state index in [1.807, 2.05) is 0 Å². The molecule has 0 spiro atoms. The summed E-state index contributed by atoms with van der Waals surface area (Å²) in [5, 5.41) is 0.577. The van der Waals surface area contributed by atoms with Gasteiger partial charge in [-0.25, -0.2) is 27.1 Å². The van der Waals surface area contributed by atoms with E-state index in [0.717, 1.165) is 19.1 Å². The lowest BCUT2D eigenvalue weighted by atomic mass is 9.99. The molecule has 3 rings (SSSR count). The van der Waals surface area contributed by atoms with Crippen LogP contribution in [0.2, 0.25) is 5.02 Å². The molecular weight excluding hydrogens is 491 g/mol. The van der Waals surface area contributed by atoms with E-state index >= 15 is 0 Å². The summed E-state index contributed by atoms with van der Waals surface area (Å²) in [7, 11) is -1.43. The molecule has 0 fully saturated rings. The fraction of sp³-hybridized carbons (Fsp3) is 0.227. The molecule has 180 valence electrons. The predicted molar refractivity (Wildman–Crippen MR) is 122 cm³/mol. The monoisotopic (exact) mass is 510 g/mol. The summed E-state index contributed by atoms with van der Waals surface area (Å²) in [6.45, 7) is 2.63. The summed E-state index contributed by atoms with van der Waals surface area (Å²) < 4.78 is 51.0. The van der Waals surface area contributed by atoms with E-state index in [-0.39, 0.29) is 28.3 Å².